The zero-order chi connectivity index (χ0) is 20.0. The van der Waals surface area contributed by atoms with Crippen LogP contribution in [0.25, 0.3) is 0 Å². The second-order valence-electron chi connectivity index (χ2n) is 8.85. The number of likely N-dealkylation sites (tertiary alicyclic amines) is 1. The largest absolute Gasteiger partial charge is 0.452 e. The number of rotatable bonds is 3. The van der Waals surface area contributed by atoms with Gasteiger partial charge in [-0.25, -0.2) is 4.79 Å². The molecule has 1 heterocycles. The molecule has 1 aliphatic heterocycles. The highest BCUT2D eigenvalue weighted by molar-refractivity contribution is 5.93. The lowest BCUT2D eigenvalue weighted by Crippen LogP contribution is -2.39. The number of benzene rings is 1. The van der Waals surface area contributed by atoms with E-state index in [-0.39, 0.29) is 22.8 Å². The Morgan fingerprint density at radius 1 is 1.19 bits per heavy atom. The smallest absolute Gasteiger partial charge is 0.417 e. The van der Waals surface area contributed by atoms with Gasteiger partial charge in [0.25, 0.3) is 5.91 Å². The van der Waals surface area contributed by atoms with E-state index in [9.17, 15) is 22.8 Å². The molecule has 0 spiro atoms. The first-order chi connectivity index (χ1) is 12.4. The van der Waals surface area contributed by atoms with E-state index in [1.54, 1.807) is 4.90 Å². The quantitative estimate of drug-likeness (QED) is 0.732. The number of halogens is 3. The number of carbonyl (C=O) groups excluding carboxylic acids is 2. The summed E-state index contributed by atoms with van der Waals surface area (Å²) in [5, 5.41) is 0. The third-order valence-corrected chi connectivity index (χ3v) is 5.51. The predicted molar refractivity (Wildman–Crippen MR) is 93.0 cm³/mol. The third-order valence-electron chi connectivity index (χ3n) is 5.51. The van der Waals surface area contributed by atoms with Gasteiger partial charge in [0, 0.05) is 12.6 Å². The number of nitrogens with zero attached hydrogens (tertiary/aromatic N) is 1. The molecule has 0 radical (unpaired) electrons. The van der Waals surface area contributed by atoms with Gasteiger partial charge in [-0.15, -0.1) is 0 Å². The van der Waals surface area contributed by atoms with Gasteiger partial charge in [-0.1, -0.05) is 32.9 Å². The minimum absolute atomic E-state index is 0.0367. The SMILES string of the molecule is CC1(C)C[C@H]2C[C@@](C)(CN2C(=O)COC(=O)c2ccccc2C(F)(F)F)C1. The fourth-order valence-corrected chi connectivity index (χ4v) is 4.95. The Bertz CT molecular complexity index is 759. The van der Waals surface area contributed by atoms with Gasteiger partial charge in [0.1, 0.15) is 0 Å². The lowest BCUT2D eigenvalue weighted by atomic mass is 9.65. The van der Waals surface area contributed by atoms with Crippen molar-refractivity contribution in [2.45, 2.75) is 52.3 Å². The number of amides is 1. The maximum absolute atomic E-state index is 13.0. The number of fused-ring (bicyclic) bond motifs is 2. The Kier molecular flexibility index (Phi) is 4.77. The molecule has 4 nitrogen and oxygen atoms in total. The number of ether oxygens (including phenoxy) is 1. The molecule has 2 atom stereocenters. The van der Waals surface area contributed by atoms with Crippen molar-refractivity contribution in [3.05, 3.63) is 35.4 Å². The van der Waals surface area contributed by atoms with E-state index < -0.39 is 29.9 Å². The molecule has 0 aromatic heterocycles. The summed E-state index contributed by atoms with van der Waals surface area (Å²) in [6.45, 7) is 6.56. The Labute approximate surface area is 156 Å². The molecule has 1 aliphatic carbocycles. The van der Waals surface area contributed by atoms with Gasteiger partial charge in [0.2, 0.25) is 0 Å². The van der Waals surface area contributed by atoms with Gasteiger partial charge in [-0.3, -0.25) is 4.79 Å². The third kappa shape index (κ3) is 4.12. The molecule has 3 rings (SSSR count). The summed E-state index contributed by atoms with van der Waals surface area (Å²) in [6, 6.07) is 4.51. The molecule has 2 bridgehead atoms. The molecule has 7 heteroatoms. The molecule has 27 heavy (non-hydrogen) atoms. The molecule has 1 amide bonds. The van der Waals surface area contributed by atoms with Gasteiger partial charge in [-0.05, 0) is 42.2 Å². The Hall–Kier alpha value is -2.05. The van der Waals surface area contributed by atoms with Gasteiger partial charge < -0.3 is 9.64 Å². The van der Waals surface area contributed by atoms with Gasteiger partial charge >= 0.3 is 12.1 Å². The first-order valence-electron chi connectivity index (χ1n) is 9.03. The van der Waals surface area contributed by atoms with E-state index in [0.717, 1.165) is 31.4 Å². The molecule has 1 aromatic rings. The highest BCUT2D eigenvalue weighted by atomic mass is 19.4. The molecular formula is C20H24F3NO3. The van der Waals surface area contributed by atoms with Crippen molar-refractivity contribution in [2.75, 3.05) is 13.2 Å². The van der Waals surface area contributed by atoms with Gasteiger partial charge in [0.05, 0.1) is 11.1 Å². The Morgan fingerprint density at radius 2 is 1.85 bits per heavy atom. The van der Waals surface area contributed by atoms with Crippen molar-refractivity contribution < 1.29 is 27.5 Å². The number of alkyl halides is 3. The lowest BCUT2D eigenvalue weighted by Gasteiger charge is -2.39. The van der Waals surface area contributed by atoms with Crippen molar-refractivity contribution in [2.24, 2.45) is 10.8 Å². The minimum Gasteiger partial charge on any atom is -0.452 e. The van der Waals surface area contributed by atoms with E-state index >= 15 is 0 Å². The molecule has 1 saturated heterocycles. The molecule has 0 unspecified atom stereocenters. The fourth-order valence-electron chi connectivity index (χ4n) is 4.95. The zero-order valence-corrected chi connectivity index (χ0v) is 15.7. The molecule has 148 valence electrons. The average molecular weight is 383 g/mol. The van der Waals surface area contributed by atoms with Crippen LogP contribution in [0.15, 0.2) is 24.3 Å². The van der Waals surface area contributed by atoms with Crippen LogP contribution in [0.2, 0.25) is 0 Å². The molecule has 0 N–H and O–H groups in total. The van der Waals surface area contributed by atoms with Crippen LogP contribution in [-0.2, 0) is 15.7 Å². The van der Waals surface area contributed by atoms with Crippen LogP contribution in [0.3, 0.4) is 0 Å². The number of carbonyl (C=O) groups is 2. The topological polar surface area (TPSA) is 46.6 Å². The minimum atomic E-state index is -4.66. The highest BCUT2D eigenvalue weighted by Gasteiger charge is 2.51. The van der Waals surface area contributed by atoms with Crippen molar-refractivity contribution >= 4 is 11.9 Å². The van der Waals surface area contributed by atoms with E-state index in [4.69, 9.17) is 4.74 Å². The van der Waals surface area contributed by atoms with Crippen LogP contribution in [0.4, 0.5) is 13.2 Å². The van der Waals surface area contributed by atoms with Crippen LogP contribution in [0.5, 0.6) is 0 Å². The summed E-state index contributed by atoms with van der Waals surface area (Å²) in [6.07, 6.45) is -1.86. The normalized spacial score (nSPS) is 26.7. The molecule has 1 aromatic carbocycles. The van der Waals surface area contributed by atoms with E-state index in [0.29, 0.717) is 6.54 Å². The second-order valence-corrected chi connectivity index (χ2v) is 8.85. The Morgan fingerprint density at radius 3 is 2.52 bits per heavy atom. The van der Waals surface area contributed by atoms with E-state index in [1.165, 1.54) is 12.1 Å². The molecule has 1 saturated carbocycles. The monoisotopic (exact) mass is 383 g/mol. The van der Waals surface area contributed by atoms with Gasteiger partial charge in [-0.2, -0.15) is 13.2 Å². The summed E-state index contributed by atoms with van der Waals surface area (Å²) < 4.78 is 44.0. The standard InChI is InChI=1S/C20H24F3NO3/c1-18(2)8-13-9-19(3,11-18)12-24(13)16(25)10-27-17(26)14-6-4-5-7-15(14)20(21,22)23/h4-7,13H,8-12H2,1-3H3/t13-,19+/m0/s1. The van der Waals surface area contributed by atoms with Crippen molar-refractivity contribution in [3.63, 3.8) is 0 Å². The maximum Gasteiger partial charge on any atom is 0.417 e. The summed E-state index contributed by atoms with van der Waals surface area (Å²) in [4.78, 5) is 26.5. The first kappa shape index (κ1) is 19.7. The summed E-state index contributed by atoms with van der Waals surface area (Å²) in [7, 11) is 0. The van der Waals surface area contributed by atoms with Crippen LogP contribution in [-0.4, -0.2) is 36.0 Å². The summed E-state index contributed by atoms with van der Waals surface area (Å²) >= 11 is 0. The van der Waals surface area contributed by atoms with E-state index in [1.807, 2.05) is 0 Å². The number of hydrogen-bond donors (Lipinski definition) is 0. The van der Waals surface area contributed by atoms with Crippen LogP contribution >= 0.6 is 0 Å². The summed E-state index contributed by atoms with van der Waals surface area (Å²) in [5.74, 6) is -1.48. The maximum atomic E-state index is 13.0. The summed E-state index contributed by atoms with van der Waals surface area (Å²) in [5.41, 5.74) is -1.47. The van der Waals surface area contributed by atoms with E-state index in [2.05, 4.69) is 20.8 Å². The first-order valence-corrected chi connectivity index (χ1v) is 9.03. The number of esters is 1. The van der Waals surface area contributed by atoms with Crippen molar-refractivity contribution in [1.29, 1.82) is 0 Å². The highest BCUT2D eigenvalue weighted by Crippen LogP contribution is 2.52. The van der Waals surface area contributed by atoms with Crippen molar-refractivity contribution in [3.8, 4) is 0 Å². The average Bonchev–Trinajstić information content (AvgIpc) is 2.80. The molecule has 2 fully saturated rings. The Balaban J connectivity index is 1.66. The van der Waals surface area contributed by atoms with Crippen LogP contribution in [0, 0.1) is 10.8 Å². The van der Waals surface area contributed by atoms with Crippen LogP contribution < -0.4 is 0 Å². The molecule has 2 aliphatic rings. The van der Waals surface area contributed by atoms with Crippen LogP contribution in [0.1, 0.15) is 56.0 Å². The second kappa shape index (κ2) is 6.53. The van der Waals surface area contributed by atoms with Gasteiger partial charge in [0.15, 0.2) is 6.61 Å². The number of hydrogen-bond acceptors (Lipinski definition) is 3. The zero-order valence-electron chi connectivity index (χ0n) is 15.7. The fraction of sp³-hybridized carbons (Fsp3) is 0.600. The van der Waals surface area contributed by atoms with Crippen molar-refractivity contribution in [1.82, 2.24) is 4.90 Å². The molecular weight excluding hydrogens is 359 g/mol. The lowest BCUT2D eigenvalue weighted by molar-refractivity contribution is -0.138. The predicted octanol–water partition coefficient (Wildman–Crippen LogP) is 4.29.